The number of nitrogens with one attached hydrogen (secondary N) is 1. The summed E-state index contributed by atoms with van der Waals surface area (Å²) in [7, 11) is 1.98. The van der Waals surface area contributed by atoms with Crippen molar-refractivity contribution in [1.82, 2.24) is 14.9 Å². The summed E-state index contributed by atoms with van der Waals surface area (Å²) in [6, 6.07) is 9.28. The first-order valence-electron chi connectivity index (χ1n) is 6.46. The smallest absolute Gasteiger partial charge is 0.297 e. The van der Waals surface area contributed by atoms with Gasteiger partial charge >= 0.3 is 0 Å². The molecule has 4 nitrogen and oxygen atoms in total. The molecular weight excluding hydrogens is 226 g/mol. The molecule has 0 saturated heterocycles. The Labute approximate surface area is 108 Å². The van der Waals surface area contributed by atoms with Crippen molar-refractivity contribution in [2.75, 3.05) is 13.2 Å². The molecule has 0 aliphatic heterocycles. The molecule has 2 aromatic rings. The third kappa shape index (κ3) is 3.01. The van der Waals surface area contributed by atoms with Gasteiger partial charge in [0.15, 0.2) is 0 Å². The number of hydrogen-bond acceptors (Lipinski definition) is 3. The van der Waals surface area contributed by atoms with Crippen LogP contribution in [-0.4, -0.2) is 28.7 Å². The van der Waals surface area contributed by atoms with Crippen LogP contribution in [0.4, 0.5) is 0 Å². The normalized spacial score (nSPS) is 11.3. The van der Waals surface area contributed by atoms with Crippen molar-refractivity contribution in [1.29, 1.82) is 0 Å². The van der Waals surface area contributed by atoms with Crippen LogP contribution in [0.5, 0.6) is 6.01 Å². The van der Waals surface area contributed by atoms with Gasteiger partial charge < -0.3 is 10.1 Å². The summed E-state index contributed by atoms with van der Waals surface area (Å²) >= 11 is 0. The molecule has 98 valence electrons. The Balaban J connectivity index is 1.90. The highest BCUT2D eigenvalue weighted by molar-refractivity contribution is 5.76. The molecular formula is C14H21N3O. The average Bonchev–Trinajstić information content (AvgIpc) is 2.66. The molecule has 0 amide bonds. The first-order chi connectivity index (χ1) is 8.68. The summed E-state index contributed by atoms with van der Waals surface area (Å²) in [6.07, 6.45) is 0.987. The van der Waals surface area contributed by atoms with E-state index in [1.807, 2.05) is 29.8 Å². The molecule has 0 unspecified atom stereocenters. The number of benzene rings is 1. The topological polar surface area (TPSA) is 39.1 Å². The molecule has 2 rings (SSSR count). The fraction of sp³-hybridized carbons (Fsp3) is 0.500. The first kappa shape index (κ1) is 12.9. The number of aryl methyl sites for hydroxylation is 1. The highest BCUT2D eigenvalue weighted by Crippen LogP contribution is 2.19. The SMILES string of the molecule is CC(C)NCCCOc1nc2ccccc2n1C. The van der Waals surface area contributed by atoms with E-state index in [4.69, 9.17) is 4.74 Å². The molecule has 0 radical (unpaired) electrons. The first-order valence-corrected chi connectivity index (χ1v) is 6.46. The highest BCUT2D eigenvalue weighted by atomic mass is 16.5. The molecule has 1 heterocycles. The lowest BCUT2D eigenvalue weighted by Gasteiger charge is -2.08. The van der Waals surface area contributed by atoms with Gasteiger partial charge in [0.05, 0.1) is 17.6 Å². The number of ether oxygens (including phenoxy) is 1. The van der Waals surface area contributed by atoms with Crippen molar-refractivity contribution in [3.8, 4) is 6.01 Å². The van der Waals surface area contributed by atoms with Crippen LogP contribution in [-0.2, 0) is 7.05 Å². The van der Waals surface area contributed by atoms with E-state index in [0.29, 0.717) is 18.7 Å². The Morgan fingerprint density at radius 1 is 1.33 bits per heavy atom. The maximum absolute atomic E-state index is 5.72. The largest absolute Gasteiger partial charge is 0.465 e. The van der Waals surface area contributed by atoms with E-state index in [1.54, 1.807) is 0 Å². The van der Waals surface area contributed by atoms with Crippen LogP contribution >= 0.6 is 0 Å². The summed E-state index contributed by atoms with van der Waals surface area (Å²) in [4.78, 5) is 4.47. The second kappa shape index (κ2) is 5.87. The second-order valence-electron chi connectivity index (χ2n) is 4.75. The fourth-order valence-electron chi connectivity index (χ4n) is 1.88. The van der Waals surface area contributed by atoms with Crippen molar-refractivity contribution >= 4 is 11.0 Å². The highest BCUT2D eigenvalue weighted by Gasteiger charge is 2.07. The summed E-state index contributed by atoms with van der Waals surface area (Å²) in [5.74, 6) is 0. The van der Waals surface area contributed by atoms with Gasteiger partial charge in [0, 0.05) is 13.1 Å². The van der Waals surface area contributed by atoms with Crippen molar-refractivity contribution in [3.05, 3.63) is 24.3 Å². The van der Waals surface area contributed by atoms with Gasteiger partial charge in [0.25, 0.3) is 6.01 Å². The predicted molar refractivity (Wildman–Crippen MR) is 74.0 cm³/mol. The Morgan fingerprint density at radius 2 is 2.11 bits per heavy atom. The van der Waals surface area contributed by atoms with E-state index in [1.165, 1.54) is 0 Å². The number of nitrogens with zero attached hydrogens (tertiary/aromatic N) is 2. The molecule has 0 spiro atoms. The lowest BCUT2D eigenvalue weighted by Crippen LogP contribution is -2.24. The van der Waals surface area contributed by atoms with Crippen LogP contribution in [0.2, 0.25) is 0 Å². The molecule has 0 saturated carbocycles. The van der Waals surface area contributed by atoms with Gasteiger partial charge in [-0.25, -0.2) is 0 Å². The molecule has 1 N–H and O–H groups in total. The summed E-state index contributed by atoms with van der Waals surface area (Å²) in [5.41, 5.74) is 2.09. The summed E-state index contributed by atoms with van der Waals surface area (Å²) in [6.45, 7) is 5.96. The Hall–Kier alpha value is -1.55. The van der Waals surface area contributed by atoms with Crippen molar-refractivity contribution in [3.63, 3.8) is 0 Å². The number of rotatable bonds is 6. The van der Waals surface area contributed by atoms with E-state index in [9.17, 15) is 0 Å². The maximum atomic E-state index is 5.72. The zero-order valence-electron chi connectivity index (χ0n) is 11.3. The van der Waals surface area contributed by atoms with Gasteiger partial charge in [0.1, 0.15) is 0 Å². The lowest BCUT2D eigenvalue weighted by molar-refractivity contribution is 0.276. The van der Waals surface area contributed by atoms with E-state index in [0.717, 1.165) is 24.0 Å². The Bertz CT molecular complexity index is 505. The second-order valence-corrected chi connectivity index (χ2v) is 4.75. The van der Waals surface area contributed by atoms with Gasteiger partial charge in [-0.1, -0.05) is 26.0 Å². The van der Waals surface area contributed by atoms with E-state index < -0.39 is 0 Å². The fourth-order valence-corrected chi connectivity index (χ4v) is 1.88. The zero-order chi connectivity index (χ0) is 13.0. The van der Waals surface area contributed by atoms with Crippen molar-refractivity contribution in [2.45, 2.75) is 26.3 Å². The van der Waals surface area contributed by atoms with Gasteiger partial charge in [-0.2, -0.15) is 4.98 Å². The third-order valence-corrected chi connectivity index (χ3v) is 2.85. The van der Waals surface area contributed by atoms with Crippen LogP contribution in [0.3, 0.4) is 0 Å². The van der Waals surface area contributed by atoms with Crippen LogP contribution in [0, 0.1) is 0 Å². The molecule has 0 atom stereocenters. The van der Waals surface area contributed by atoms with Crippen molar-refractivity contribution < 1.29 is 4.74 Å². The van der Waals surface area contributed by atoms with E-state index in [-0.39, 0.29) is 0 Å². The molecule has 4 heteroatoms. The van der Waals surface area contributed by atoms with Gasteiger partial charge in [-0.3, -0.25) is 4.57 Å². The predicted octanol–water partition coefficient (Wildman–Crippen LogP) is 2.34. The van der Waals surface area contributed by atoms with Gasteiger partial charge in [-0.15, -0.1) is 0 Å². The molecule has 0 fully saturated rings. The molecule has 18 heavy (non-hydrogen) atoms. The molecule has 0 bridgehead atoms. The monoisotopic (exact) mass is 247 g/mol. The third-order valence-electron chi connectivity index (χ3n) is 2.85. The molecule has 1 aromatic heterocycles. The minimum absolute atomic E-state index is 0.528. The van der Waals surface area contributed by atoms with E-state index in [2.05, 4.69) is 30.2 Å². The summed E-state index contributed by atoms with van der Waals surface area (Å²) < 4.78 is 7.71. The van der Waals surface area contributed by atoms with Crippen LogP contribution in [0.1, 0.15) is 20.3 Å². The lowest BCUT2D eigenvalue weighted by atomic mass is 10.3. The van der Waals surface area contributed by atoms with Gasteiger partial charge in [0.2, 0.25) is 0 Å². The zero-order valence-corrected chi connectivity index (χ0v) is 11.3. The Kier molecular flexibility index (Phi) is 4.20. The number of para-hydroxylation sites is 2. The summed E-state index contributed by atoms with van der Waals surface area (Å²) in [5, 5.41) is 3.37. The molecule has 0 aliphatic rings. The number of imidazole rings is 1. The minimum atomic E-state index is 0.528. The standard InChI is InChI=1S/C14H21N3O/c1-11(2)15-9-6-10-18-14-16-12-7-4-5-8-13(12)17(14)3/h4-5,7-8,11,15H,6,9-10H2,1-3H3. The number of fused-ring (bicyclic) bond motifs is 1. The van der Waals surface area contributed by atoms with E-state index >= 15 is 0 Å². The molecule has 1 aromatic carbocycles. The van der Waals surface area contributed by atoms with Crippen LogP contribution < -0.4 is 10.1 Å². The van der Waals surface area contributed by atoms with Crippen LogP contribution in [0.25, 0.3) is 11.0 Å². The van der Waals surface area contributed by atoms with Gasteiger partial charge in [-0.05, 0) is 25.1 Å². The number of aromatic nitrogens is 2. The average molecular weight is 247 g/mol. The Morgan fingerprint density at radius 3 is 2.83 bits per heavy atom. The molecule has 0 aliphatic carbocycles. The number of hydrogen-bond donors (Lipinski definition) is 1. The van der Waals surface area contributed by atoms with Crippen molar-refractivity contribution in [2.24, 2.45) is 7.05 Å². The quantitative estimate of drug-likeness (QED) is 0.796. The minimum Gasteiger partial charge on any atom is -0.465 e. The van der Waals surface area contributed by atoms with Crippen LogP contribution in [0.15, 0.2) is 24.3 Å². The maximum Gasteiger partial charge on any atom is 0.297 e.